The van der Waals surface area contributed by atoms with Gasteiger partial charge in [0.1, 0.15) is 11.5 Å². The molecule has 2 heterocycles. The maximum Gasteiger partial charge on any atom is 0.118 e. The minimum Gasteiger partial charge on any atom is -0.465 e. The average Bonchev–Trinajstić information content (AvgIpc) is 2.98. The van der Waals surface area contributed by atoms with Crippen molar-refractivity contribution in [2.24, 2.45) is 5.73 Å². The highest BCUT2D eigenvalue weighted by Gasteiger charge is 2.15. The fourth-order valence-corrected chi connectivity index (χ4v) is 2.85. The van der Waals surface area contributed by atoms with Crippen LogP contribution >= 0.6 is 11.3 Å². The van der Waals surface area contributed by atoms with Crippen molar-refractivity contribution >= 4 is 11.3 Å². The summed E-state index contributed by atoms with van der Waals surface area (Å²) in [5.74, 6) is 1.83. The molecular formula is C14H20N2OS. The van der Waals surface area contributed by atoms with Gasteiger partial charge in [-0.1, -0.05) is 6.07 Å². The molecule has 2 aromatic rings. The Hall–Kier alpha value is -1.10. The van der Waals surface area contributed by atoms with Crippen molar-refractivity contribution < 1.29 is 4.42 Å². The summed E-state index contributed by atoms with van der Waals surface area (Å²) in [6.45, 7) is 5.57. The van der Waals surface area contributed by atoms with Crippen LogP contribution in [0.5, 0.6) is 0 Å². The van der Waals surface area contributed by atoms with Gasteiger partial charge in [0.05, 0.1) is 6.54 Å². The van der Waals surface area contributed by atoms with Gasteiger partial charge in [0.2, 0.25) is 0 Å². The largest absolute Gasteiger partial charge is 0.465 e. The number of nitrogens with zero attached hydrogens (tertiary/aromatic N) is 1. The molecule has 0 radical (unpaired) electrons. The summed E-state index contributed by atoms with van der Waals surface area (Å²) < 4.78 is 5.59. The zero-order valence-corrected chi connectivity index (χ0v) is 12.0. The van der Waals surface area contributed by atoms with E-state index in [1.165, 1.54) is 10.4 Å². The number of hydrogen-bond donors (Lipinski definition) is 1. The molecule has 0 aliphatic rings. The van der Waals surface area contributed by atoms with E-state index in [9.17, 15) is 0 Å². The third-order valence-electron chi connectivity index (χ3n) is 3.31. The highest BCUT2D eigenvalue weighted by Crippen LogP contribution is 2.26. The van der Waals surface area contributed by atoms with Crippen molar-refractivity contribution in [2.45, 2.75) is 33.0 Å². The van der Waals surface area contributed by atoms with E-state index in [1.54, 1.807) is 11.3 Å². The van der Waals surface area contributed by atoms with Crippen LogP contribution in [0.4, 0.5) is 0 Å². The quantitative estimate of drug-likeness (QED) is 0.901. The Balaban J connectivity index is 2.06. The van der Waals surface area contributed by atoms with Gasteiger partial charge in [0.25, 0.3) is 0 Å². The van der Waals surface area contributed by atoms with Gasteiger partial charge in [0.15, 0.2) is 0 Å². The van der Waals surface area contributed by atoms with Crippen LogP contribution in [-0.2, 0) is 13.1 Å². The number of hydrogen-bond acceptors (Lipinski definition) is 4. The molecule has 98 valence electrons. The molecule has 0 aliphatic heterocycles. The Morgan fingerprint density at radius 2 is 2.28 bits per heavy atom. The molecule has 2 aromatic heterocycles. The molecule has 0 amide bonds. The Morgan fingerprint density at radius 3 is 2.83 bits per heavy atom. The van der Waals surface area contributed by atoms with Gasteiger partial charge in [-0.25, -0.2) is 0 Å². The van der Waals surface area contributed by atoms with E-state index in [2.05, 4.69) is 42.5 Å². The molecule has 3 nitrogen and oxygen atoms in total. The summed E-state index contributed by atoms with van der Waals surface area (Å²) in [7, 11) is 2.14. The molecule has 0 bridgehead atoms. The topological polar surface area (TPSA) is 42.4 Å². The lowest BCUT2D eigenvalue weighted by molar-refractivity contribution is 0.255. The number of rotatable bonds is 5. The Labute approximate surface area is 112 Å². The molecule has 18 heavy (non-hydrogen) atoms. The van der Waals surface area contributed by atoms with Gasteiger partial charge in [-0.3, -0.25) is 4.90 Å². The van der Waals surface area contributed by atoms with Gasteiger partial charge < -0.3 is 10.2 Å². The minimum atomic E-state index is 0.417. The van der Waals surface area contributed by atoms with Gasteiger partial charge >= 0.3 is 0 Å². The molecule has 2 rings (SSSR count). The number of furan rings is 1. The zero-order chi connectivity index (χ0) is 13.1. The van der Waals surface area contributed by atoms with E-state index in [0.29, 0.717) is 12.6 Å². The van der Waals surface area contributed by atoms with Crippen molar-refractivity contribution in [2.75, 3.05) is 7.05 Å². The van der Waals surface area contributed by atoms with E-state index < -0.39 is 0 Å². The van der Waals surface area contributed by atoms with E-state index >= 15 is 0 Å². The Morgan fingerprint density at radius 1 is 1.50 bits per heavy atom. The molecule has 0 saturated carbocycles. The first-order chi connectivity index (χ1) is 8.61. The van der Waals surface area contributed by atoms with Gasteiger partial charge in [-0.15, -0.1) is 11.3 Å². The van der Waals surface area contributed by atoms with Crippen LogP contribution in [-0.4, -0.2) is 11.9 Å². The zero-order valence-electron chi connectivity index (χ0n) is 11.1. The summed E-state index contributed by atoms with van der Waals surface area (Å²) in [5, 5.41) is 2.12. The number of thiophene rings is 1. The van der Waals surface area contributed by atoms with Crippen LogP contribution in [0, 0.1) is 6.92 Å². The monoisotopic (exact) mass is 264 g/mol. The van der Waals surface area contributed by atoms with Crippen LogP contribution in [0.3, 0.4) is 0 Å². The summed E-state index contributed by atoms with van der Waals surface area (Å²) in [6.07, 6.45) is 0. The Kier molecular flexibility index (Phi) is 4.22. The molecule has 0 saturated heterocycles. The van der Waals surface area contributed by atoms with E-state index in [-0.39, 0.29) is 0 Å². The smallest absolute Gasteiger partial charge is 0.118 e. The molecule has 0 spiro atoms. The summed E-state index contributed by atoms with van der Waals surface area (Å²) in [5.41, 5.74) is 6.82. The van der Waals surface area contributed by atoms with Crippen molar-refractivity contribution in [3.63, 3.8) is 0 Å². The van der Waals surface area contributed by atoms with Crippen molar-refractivity contribution in [3.8, 4) is 0 Å². The summed E-state index contributed by atoms with van der Waals surface area (Å²) in [4.78, 5) is 3.71. The number of nitrogens with two attached hydrogens (primary N) is 1. The van der Waals surface area contributed by atoms with Crippen LogP contribution < -0.4 is 5.73 Å². The summed E-state index contributed by atoms with van der Waals surface area (Å²) in [6, 6.07) is 6.76. The lowest BCUT2D eigenvalue weighted by atomic mass is 10.2. The third kappa shape index (κ3) is 2.83. The Bertz CT molecular complexity index is 490. The highest BCUT2D eigenvalue weighted by molar-refractivity contribution is 7.10. The van der Waals surface area contributed by atoms with Crippen LogP contribution in [0.15, 0.2) is 28.0 Å². The van der Waals surface area contributed by atoms with Crippen molar-refractivity contribution in [3.05, 3.63) is 45.5 Å². The molecular weight excluding hydrogens is 244 g/mol. The maximum atomic E-state index is 5.59. The first-order valence-electron chi connectivity index (χ1n) is 6.13. The highest BCUT2D eigenvalue weighted by atomic mass is 32.1. The second-order valence-electron chi connectivity index (χ2n) is 4.60. The SMILES string of the molecule is Cc1oc(CN)cc1CN(C)C(C)c1cccs1. The first kappa shape index (κ1) is 13.3. The predicted octanol–water partition coefficient (Wildman–Crippen LogP) is 3.30. The van der Waals surface area contributed by atoms with E-state index in [1.807, 2.05) is 6.92 Å². The average molecular weight is 264 g/mol. The molecule has 0 aromatic carbocycles. The molecule has 2 N–H and O–H groups in total. The molecule has 1 unspecified atom stereocenters. The molecule has 0 aliphatic carbocycles. The fraction of sp³-hybridized carbons (Fsp3) is 0.429. The van der Waals surface area contributed by atoms with E-state index in [0.717, 1.165) is 18.1 Å². The minimum absolute atomic E-state index is 0.417. The molecule has 0 fully saturated rings. The standard InChI is InChI=1S/C14H20N2OS/c1-10(14-5-4-6-18-14)16(3)9-12-7-13(8-15)17-11(12)2/h4-7,10H,8-9,15H2,1-3H3. The third-order valence-corrected chi connectivity index (χ3v) is 4.35. The first-order valence-corrected chi connectivity index (χ1v) is 7.01. The fourth-order valence-electron chi connectivity index (χ4n) is 2.00. The van der Waals surface area contributed by atoms with Gasteiger partial charge in [-0.05, 0) is 38.4 Å². The second-order valence-corrected chi connectivity index (χ2v) is 5.58. The maximum absolute atomic E-state index is 5.59. The normalized spacial score (nSPS) is 13.2. The van der Waals surface area contributed by atoms with Crippen molar-refractivity contribution in [1.82, 2.24) is 4.90 Å². The van der Waals surface area contributed by atoms with Crippen molar-refractivity contribution in [1.29, 1.82) is 0 Å². The second kappa shape index (κ2) is 5.69. The lowest BCUT2D eigenvalue weighted by Gasteiger charge is -2.23. The van der Waals surface area contributed by atoms with Crippen LogP contribution in [0.25, 0.3) is 0 Å². The van der Waals surface area contributed by atoms with Crippen LogP contribution in [0.2, 0.25) is 0 Å². The molecule has 4 heteroatoms. The van der Waals surface area contributed by atoms with Gasteiger partial charge in [0, 0.05) is 23.0 Å². The predicted molar refractivity (Wildman–Crippen MR) is 75.5 cm³/mol. The molecule has 1 atom stereocenters. The van der Waals surface area contributed by atoms with Crippen LogP contribution in [0.1, 0.15) is 34.9 Å². The number of aryl methyl sites for hydroxylation is 1. The summed E-state index contributed by atoms with van der Waals surface area (Å²) >= 11 is 1.80. The lowest BCUT2D eigenvalue weighted by Crippen LogP contribution is -2.21. The van der Waals surface area contributed by atoms with E-state index in [4.69, 9.17) is 10.2 Å². The van der Waals surface area contributed by atoms with Gasteiger partial charge in [-0.2, -0.15) is 0 Å².